The Kier molecular flexibility index (Phi) is 4.37. The zero-order valence-corrected chi connectivity index (χ0v) is 11.8. The lowest BCUT2D eigenvalue weighted by Gasteiger charge is -2.16. The van der Waals surface area contributed by atoms with Crippen LogP contribution >= 0.6 is 0 Å². The quantitative estimate of drug-likeness (QED) is 0.887. The van der Waals surface area contributed by atoms with Crippen molar-refractivity contribution in [3.8, 4) is 5.75 Å². The standard InChI is InChI=1S/C15H18F2N2O/c1-4-8-18-13-9(2)10(3)19-14-11(13)6-5-7-12(14)20-15(16)17/h5-7,15H,4,8H2,1-3H3,(H,18,19). The van der Waals surface area contributed by atoms with Gasteiger partial charge in [0.15, 0.2) is 5.75 Å². The Morgan fingerprint density at radius 1 is 1.30 bits per heavy atom. The SMILES string of the molecule is CCCNc1c(C)c(C)nc2c(OC(F)F)cccc12. The number of para-hydroxylation sites is 1. The summed E-state index contributed by atoms with van der Waals surface area (Å²) >= 11 is 0. The highest BCUT2D eigenvalue weighted by Gasteiger charge is 2.14. The third kappa shape index (κ3) is 2.81. The van der Waals surface area contributed by atoms with E-state index < -0.39 is 6.61 Å². The number of nitrogens with one attached hydrogen (secondary N) is 1. The van der Waals surface area contributed by atoms with Crippen molar-refractivity contribution in [2.45, 2.75) is 33.8 Å². The van der Waals surface area contributed by atoms with E-state index in [-0.39, 0.29) is 5.75 Å². The maximum Gasteiger partial charge on any atom is 0.387 e. The Balaban J connectivity index is 2.62. The molecule has 0 aliphatic heterocycles. The van der Waals surface area contributed by atoms with E-state index in [0.717, 1.165) is 35.3 Å². The van der Waals surface area contributed by atoms with Gasteiger partial charge in [-0.15, -0.1) is 0 Å². The highest BCUT2D eigenvalue weighted by atomic mass is 19.3. The van der Waals surface area contributed by atoms with E-state index in [1.807, 2.05) is 19.9 Å². The lowest BCUT2D eigenvalue weighted by molar-refractivity contribution is -0.0489. The number of hydrogen-bond acceptors (Lipinski definition) is 3. The van der Waals surface area contributed by atoms with Crippen LogP contribution in [0.25, 0.3) is 10.9 Å². The number of pyridine rings is 1. The number of rotatable bonds is 5. The summed E-state index contributed by atoms with van der Waals surface area (Å²) in [7, 11) is 0. The number of benzene rings is 1. The molecule has 0 fully saturated rings. The Bertz CT molecular complexity index is 614. The van der Waals surface area contributed by atoms with Gasteiger partial charge in [-0.25, -0.2) is 4.98 Å². The van der Waals surface area contributed by atoms with E-state index in [1.165, 1.54) is 6.07 Å². The zero-order valence-electron chi connectivity index (χ0n) is 11.8. The highest BCUT2D eigenvalue weighted by Crippen LogP contribution is 2.33. The van der Waals surface area contributed by atoms with Gasteiger partial charge < -0.3 is 10.1 Å². The summed E-state index contributed by atoms with van der Waals surface area (Å²) in [4.78, 5) is 4.40. The van der Waals surface area contributed by atoms with Crippen LogP contribution in [0.4, 0.5) is 14.5 Å². The molecule has 1 heterocycles. The maximum atomic E-state index is 12.5. The summed E-state index contributed by atoms with van der Waals surface area (Å²) in [6.45, 7) is 3.88. The lowest BCUT2D eigenvalue weighted by atomic mass is 10.1. The first-order chi connectivity index (χ1) is 9.54. The fourth-order valence-electron chi connectivity index (χ4n) is 2.14. The van der Waals surface area contributed by atoms with E-state index in [9.17, 15) is 8.78 Å². The Labute approximate surface area is 117 Å². The zero-order chi connectivity index (χ0) is 14.7. The first-order valence-electron chi connectivity index (χ1n) is 6.63. The van der Waals surface area contributed by atoms with Crippen LogP contribution in [0.15, 0.2) is 18.2 Å². The van der Waals surface area contributed by atoms with Gasteiger partial charge in [0.2, 0.25) is 0 Å². The number of fused-ring (bicyclic) bond motifs is 1. The summed E-state index contributed by atoms with van der Waals surface area (Å²) in [6.07, 6.45) is 0.982. The van der Waals surface area contributed by atoms with E-state index >= 15 is 0 Å². The monoisotopic (exact) mass is 280 g/mol. The molecule has 2 rings (SSSR count). The summed E-state index contributed by atoms with van der Waals surface area (Å²) in [5.74, 6) is 0.111. The molecule has 0 saturated heterocycles. The maximum absolute atomic E-state index is 12.5. The number of alkyl halides is 2. The molecule has 2 aromatic rings. The fraction of sp³-hybridized carbons (Fsp3) is 0.400. The van der Waals surface area contributed by atoms with E-state index in [2.05, 4.69) is 22.0 Å². The van der Waals surface area contributed by atoms with Gasteiger partial charge in [0.25, 0.3) is 0 Å². The van der Waals surface area contributed by atoms with Crippen molar-refractivity contribution >= 4 is 16.6 Å². The van der Waals surface area contributed by atoms with Crippen LogP contribution in [-0.4, -0.2) is 18.1 Å². The number of aromatic nitrogens is 1. The van der Waals surface area contributed by atoms with Crippen LogP contribution in [0.5, 0.6) is 5.75 Å². The number of ether oxygens (including phenoxy) is 1. The number of aryl methyl sites for hydroxylation is 1. The van der Waals surface area contributed by atoms with Gasteiger partial charge in [0.1, 0.15) is 5.52 Å². The molecule has 0 amide bonds. The van der Waals surface area contributed by atoms with Gasteiger partial charge in [-0.3, -0.25) is 0 Å². The molecule has 1 aromatic heterocycles. The lowest BCUT2D eigenvalue weighted by Crippen LogP contribution is -2.07. The second kappa shape index (κ2) is 6.03. The molecule has 20 heavy (non-hydrogen) atoms. The van der Waals surface area contributed by atoms with Crippen LogP contribution in [0, 0.1) is 13.8 Å². The third-order valence-electron chi connectivity index (χ3n) is 3.23. The van der Waals surface area contributed by atoms with Gasteiger partial charge in [0, 0.05) is 23.3 Å². The summed E-state index contributed by atoms with van der Waals surface area (Å²) in [5, 5.41) is 4.15. The van der Waals surface area contributed by atoms with Gasteiger partial charge >= 0.3 is 6.61 Å². The van der Waals surface area contributed by atoms with Crippen molar-refractivity contribution in [1.82, 2.24) is 4.98 Å². The van der Waals surface area contributed by atoms with Crippen molar-refractivity contribution in [1.29, 1.82) is 0 Å². The number of hydrogen-bond donors (Lipinski definition) is 1. The fourth-order valence-corrected chi connectivity index (χ4v) is 2.14. The Morgan fingerprint density at radius 3 is 2.70 bits per heavy atom. The van der Waals surface area contributed by atoms with Crippen LogP contribution < -0.4 is 10.1 Å². The van der Waals surface area contributed by atoms with Crippen molar-refractivity contribution in [3.63, 3.8) is 0 Å². The topological polar surface area (TPSA) is 34.2 Å². The molecule has 1 N–H and O–H groups in total. The van der Waals surface area contributed by atoms with E-state index in [0.29, 0.717) is 5.52 Å². The molecule has 0 radical (unpaired) electrons. The van der Waals surface area contributed by atoms with Crippen LogP contribution in [0.2, 0.25) is 0 Å². The molecule has 0 spiro atoms. The first kappa shape index (κ1) is 14.5. The van der Waals surface area contributed by atoms with Gasteiger partial charge in [-0.2, -0.15) is 8.78 Å². The molecule has 0 saturated carbocycles. The largest absolute Gasteiger partial charge is 0.432 e. The van der Waals surface area contributed by atoms with Crippen molar-refractivity contribution < 1.29 is 13.5 Å². The van der Waals surface area contributed by atoms with Crippen LogP contribution in [-0.2, 0) is 0 Å². The molecule has 3 nitrogen and oxygen atoms in total. The summed E-state index contributed by atoms with van der Waals surface area (Å²) in [5.41, 5.74) is 3.24. The second-order valence-corrected chi connectivity index (χ2v) is 4.65. The van der Waals surface area contributed by atoms with Crippen molar-refractivity contribution in [2.75, 3.05) is 11.9 Å². The molecule has 108 valence electrons. The number of anilines is 1. The predicted molar refractivity (Wildman–Crippen MR) is 76.6 cm³/mol. The molecule has 0 aliphatic carbocycles. The average Bonchev–Trinajstić information content (AvgIpc) is 2.40. The smallest absolute Gasteiger partial charge is 0.387 e. The molecule has 1 aromatic carbocycles. The van der Waals surface area contributed by atoms with Crippen molar-refractivity contribution in [2.24, 2.45) is 0 Å². The molecule has 0 bridgehead atoms. The molecule has 0 aliphatic rings. The minimum Gasteiger partial charge on any atom is -0.432 e. The van der Waals surface area contributed by atoms with Crippen LogP contribution in [0.1, 0.15) is 24.6 Å². The summed E-state index contributed by atoms with van der Waals surface area (Å²) < 4.78 is 29.5. The molecule has 0 unspecified atom stereocenters. The molecular formula is C15H18F2N2O. The third-order valence-corrected chi connectivity index (χ3v) is 3.23. The molecule has 5 heteroatoms. The van der Waals surface area contributed by atoms with E-state index in [1.54, 1.807) is 6.07 Å². The highest BCUT2D eigenvalue weighted by molar-refractivity contribution is 5.96. The first-order valence-corrected chi connectivity index (χ1v) is 6.63. The van der Waals surface area contributed by atoms with Gasteiger partial charge in [0.05, 0.1) is 0 Å². The normalized spacial score (nSPS) is 11.1. The van der Waals surface area contributed by atoms with Crippen molar-refractivity contribution in [3.05, 3.63) is 29.5 Å². The Hall–Kier alpha value is -1.91. The van der Waals surface area contributed by atoms with Gasteiger partial charge in [-0.05, 0) is 31.9 Å². The van der Waals surface area contributed by atoms with Gasteiger partial charge in [-0.1, -0.05) is 19.1 Å². The summed E-state index contributed by atoms with van der Waals surface area (Å²) in [6, 6.07) is 5.08. The number of nitrogens with zero attached hydrogens (tertiary/aromatic N) is 1. The van der Waals surface area contributed by atoms with Crippen LogP contribution in [0.3, 0.4) is 0 Å². The number of halogens is 2. The second-order valence-electron chi connectivity index (χ2n) is 4.65. The minimum atomic E-state index is -2.85. The molecule has 0 atom stereocenters. The predicted octanol–water partition coefficient (Wildman–Crippen LogP) is 4.27. The molecular weight excluding hydrogens is 262 g/mol. The Morgan fingerprint density at radius 2 is 2.05 bits per heavy atom. The average molecular weight is 280 g/mol. The minimum absolute atomic E-state index is 0.111. The van der Waals surface area contributed by atoms with E-state index in [4.69, 9.17) is 0 Å².